The van der Waals surface area contributed by atoms with Gasteiger partial charge in [0.25, 0.3) is 0 Å². The zero-order chi connectivity index (χ0) is 29.7. The lowest BCUT2D eigenvalue weighted by Crippen LogP contribution is -2.11. The number of nitrogens with zero attached hydrogens (tertiary/aromatic N) is 2. The van der Waals surface area contributed by atoms with E-state index < -0.39 is 0 Å². The molecule has 0 aliphatic heterocycles. The molecule has 0 atom stereocenters. The standard InChI is InChI=1S/C42H28N2S/c1-4-14-29(15-5-1)36-27-40-37(33-20-10-12-22-38(33)44(40)31-18-8-3-9-19-31)28-39(36)43(30-16-6-2-7-17-30)32-24-25-35-34-21-11-13-23-41(34)45-42(35)26-32/h1-28H. The average molecular weight is 593 g/mol. The van der Waals surface area contributed by atoms with Crippen LogP contribution in [0.4, 0.5) is 17.1 Å². The average Bonchev–Trinajstić information content (AvgIpc) is 3.64. The second-order valence-corrected chi connectivity index (χ2v) is 12.5. The summed E-state index contributed by atoms with van der Waals surface area (Å²) in [5.74, 6) is 0. The third-order valence-electron chi connectivity index (χ3n) is 8.77. The number of hydrogen-bond donors (Lipinski definition) is 0. The molecule has 0 N–H and O–H groups in total. The molecule has 0 saturated carbocycles. The lowest BCUT2D eigenvalue weighted by atomic mass is 9.99. The molecule has 2 aromatic heterocycles. The van der Waals surface area contributed by atoms with E-state index in [9.17, 15) is 0 Å². The first-order valence-corrected chi connectivity index (χ1v) is 16.1. The summed E-state index contributed by atoms with van der Waals surface area (Å²) >= 11 is 1.86. The van der Waals surface area contributed by atoms with Crippen molar-refractivity contribution < 1.29 is 0 Å². The summed E-state index contributed by atoms with van der Waals surface area (Å²) < 4.78 is 5.01. The van der Waals surface area contributed by atoms with Crippen LogP contribution in [0.25, 0.3) is 58.8 Å². The Bertz CT molecular complexity index is 2470. The molecule has 0 radical (unpaired) electrons. The smallest absolute Gasteiger partial charge is 0.0548 e. The highest BCUT2D eigenvalue weighted by molar-refractivity contribution is 7.25. The van der Waals surface area contributed by atoms with E-state index in [4.69, 9.17) is 0 Å². The van der Waals surface area contributed by atoms with Crippen LogP contribution in [-0.2, 0) is 0 Å². The highest BCUT2D eigenvalue weighted by Crippen LogP contribution is 2.46. The number of aromatic nitrogens is 1. The fraction of sp³-hybridized carbons (Fsp3) is 0. The number of rotatable bonds is 5. The van der Waals surface area contributed by atoms with Crippen molar-refractivity contribution in [2.24, 2.45) is 0 Å². The van der Waals surface area contributed by atoms with Crippen molar-refractivity contribution in [3.63, 3.8) is 0 Å². The summed E-state index contributed by atoms with van der Waals surface area (Å²) in [7, 11) is 0. The molecule has 9 rings (SSSR count). The predicted octanol–water partition coefficient (Wildman–Crippen LogP) is 12.3. The molecule has 212 valence electrons. The molecule has 9 aromatic rings. The quantitative estimate of drug-likeness (QED) is 0.193. The molecule has 0 spiro atoms. The van der Waals surface area contributed by atoms with E-state index >= 15 is 0 Å². The van der Waals surface area contributed by atoms with Crippen molar-refractivity contribution in [3.05, 3.63) is 170 Å². The van der Waals surface area contributed by atoms with Crippen molar-refractivity contribution >= 4 is 70.4 Å². The Morgan fingerprint density at radius 2 is 1.07 bits per heavy atom. The molecule has 0 amide bonds. The van der Waals surface area contributed by atoms with E-state index in [1.807, 2.05) is 11.3 Å². The van der Waals surface area contributed by atoms with Gasteiger partial charge in [-0.15, -0.1) is 11.3 Å². The molecule has 0 aliphatic rings. The van der Waals surface area contributed by atoms with E-state index in [2.05, 4.69) is 179 Å². The molecule has 0 saturated heterocycles. The molecule has 0 fully saturated rings. The molecular formula is C42H28N2S. The van der Waals surface area contributed by atoms with Gasteiger partial charge in [0, 0.05) is 53.6 Å². The van der Waals surface area contributed by atoms with Gasteiger partial charge in [0.2, 0.25) is 0 Å². The van der Waals surface area contributed by atoms with Gasteiger partial charge in [-0.1, -0.05) is 109 Å². The summed E-state index contributed by atoms with van der Waals surface area (Å²) in [6, 6.07) is 61.4. The van der Waals surface area contributed by atoms with Gasteiger partial charge in [-0.3, -0.25) is 0 Å². The monoisotopic (exact) mass is 592 g/mol. The molecular weight excluding hydrogens is 565 g/mol. The van der Waals surface area contributed by atoms with Gasteiger partial charge >= 0.3 is 0 Å². The lowest BCUT2D eigenvalue weighted by Gasteiger charge is -2.28. The first-order chi connectivity index (χ1) is 22.3. The van der Waals surface area contributed by atoms with Gasteiger partial charge in [0.05, 0.1) is 16.7 Å². The van der Waals surface area contributed by atoms with Crippen LogP contribution in [0.3, 0.4) is 0 Å². The van der Waals surface area contributed by atoms with E-state index in [1.165, 1.54) is 53.1 Å². The minimum absolute atomic E-state index is 1.13. The number of fused-ring (bicyclic) bond motifs is 6. The maximum atomic E-state index is 2.43. The molecule has 7 aromatic carbocycles. The lowest BCUT2D eigenvalue weighted by molar-refractivity contribution is 1.18. The molecule has 45 heavy (non-hydrogen) atoms. The SMILES string of the molecule is c1ccc(-c2cc3c(cc2N(c2ccccc2)c2ccc4c(c2)sc2ccccc24)c2ccccc2n3-c2ccccc2)cc1. The third kappa shape index (κ3) is 4.24. The molecule has 2 heterocycles. The number of para-hydroxylation sites is 3. The molecule has 2 nitrogen and oxygen atoms in total. The maximum absolute atomic E-state index is 2.43. The minimum atomic E-state index is 1.13. The summed E-state index contributed by atoms with van der Waals surface area (Å²) in [6.45, 7) is 0. The van der Waals surface area contributed by atoms with Crippen molar-refractivity contribution in [2.45, 2.75) is 0 Å². The molecule has 0 unspecified atom stereocenters. The van der Waals surface area contributed by atoms with Gasteiger partial charge in [-0.05, 0) is 66.2 Å². The summed E-state index contributed by atoms with van der Waals surface area (Å²) in [4.78, 5) is 2.43. The Kier molecular flexibility index (Phi) is 6.03. The van der Waals surface area contributed by atoms with Gasteiger partial charge in [0.15, 0.2) is 0 Å². The van der Waals surface area contributed by atoms with Crippen molar-refractivity contribution in [1.82, 2.24) is 4.57 Å². The largest absolute Gasteiger partial charge is 0.310 e. The first kappa shape index (κ1) is 25.8. The second-order valence-electron chi connectivity index (χ2n) is 11.4. The van der Waals surface area contributed by atoms with Crippen LogP contribution in [0.1, 0.15) is 0 Å². The zero-order valence-electron chi connectivity index (χ0n) is 24.5. The normalized spacial score (nSPS) is 11.6. The fourth-order valence-corrected chi connectivity index (χ4v) is 7.89. The molecule has 0 bridgehead atoms. The van der Waals surface area contributed by atoms with Crippen molar-refractivity contribution in [1.29, 1.82) is 0 Å². The Morgan fingerprint density at radius 1 is 0.422 bits per heavy atom. The van der Waals surface area contributed by atoms with E-state index in [-0.39, 0.29) is 0 Å². The second kappa shape index (κ2) is 10.5. The van der Waals surface area contributed by atoms with E-state index in [0.29, 0.717) is 0 Å². The predicted molar refractivity (Wildman–Crippen MR) is 194 cm³/mol. The Balaban J connectivity index is 1.38. The summed E-state index contributed by atoms with van der Waals surface area (Å²) in [5.41, 5.74) is 9.34. The van der Waals surface area contributed by atoms with Crippen LogP contribution < -0.4 is 4.90 Å². The number of hydrogen-bond acceptors (Lipinski definition) is 2. The highest BCUT2D eigenvalue weighted by Gasteiger charge is 2.22. The van der Waals surface area contributed by atoms with Crippen molar-refractivity contribution in [3.8, 4) is 16.8 Å². The van der Waals surface area contributed by atoms with Gasteiger partial charge in [-0.25, -0.2) is 0 Å². The Morgan fingerprint density at radius 3 is 1.87 bits per heavy atom. The van der Waals surface area contributed by atoms with E-state index in [0.717, 1.165) is 22.7 Å². The topological polar surface area (TPSA) is 8.17 Å². The van der Waals surface area contributed by atoms with Crippen LogP contribution in [0.5, 0.6) is 0 Å². The first-order valence-electron chi connectivity index (χ1n) is 15.3. The molecule has 0 aliphatic carbocycles. The van der Waals surface area contributed by atoms with Gasteiger partial charge in [-0.2, -0.15) is 0 Å². The minimum Gasteiger partial charge on any atom is -0.310 e. The summed E-state index contributed by atoms with van der Waals surface area (Å²) in [5, 5.41) is 5.09. The van der Waals surface area contributed by atoms with Gasteiger partial charge in [0.1, 0.15) is 0 Å². The Hall–Kier alpha value is -5.64. The third-order valence-corrected chi connectivity index (χ3v) is 9.90. The van der Waals surface area contributed by atoms with Crippen LogP contribution in [0, 0.1) is 0 Å². The van der Waals surface area contributed by atoms with Crippen molar-refractivity contribution in [2.75, 3.05) is 4.90 Å². The van der Waals surface area contributed by atoms with E-state index in [1.54, 1.807) is 0 Å². The maximum Gasteiger partial charge on any atom is 0.0548 e. The van der Waals surface area contributed by atoms with Gasteiger partial charge < -0.3 is 9.47 Å². The van der Waals surface area contributed by atoms with Crippen LogP contribution in [0.15, 0.2) is 170 Å². The summed E-state index contributed by atoms with van der Waals surface area (Å²) in [6.07, 6.45) is 0. The fourth-order valence-electron chi connectivity index (χ4n) is 6.75. The number of thiophene rings is 1. The van der Waals surface area contributed by atoms with Crippen LogP contribution >= 0.6 is 11.3 Å². The number of benzene rings is 7. The number of anilines is 3. The molecule has 3 heteroatoms. The highest BCUT2D eigenvalue weighted by atomic mass is 32.1. The van der Waals surface area contributed by atoms with Crippen LogP contribution in [-0.4, -0.2) is 4.57 Å². The zero-order valence-corrected chi connectivity index (χ0v) is 25.3. The van der Waals surface area contributed by atoms with Crippen LogP contribution in [0.2, 0.25) is 0 Å². The Labute approximate surface area is 265 Å².